The molecule has 2 rings (SSSR count). The largest absolute Gasteiger partial charge is 0.399 e. The molecule has 0 unspecified atom stereocenters. The number of carbonyl (C=O) groups excluding carboxylic acids is 1. The molecule has 0 radical (unpaired) electrons. The maximum atomic E-state index is 12.1. The van der Waals surface area contributed by atoms with E-state index in [-0.39, 0.29) is 5.91 Å². The topological polar surface area (TPSA) is 60.0 Å². The Morgan fingerprint density at radius 1 is 1.28 bits per heavy atom. The van der Waals surface area contributed by atoms with Crippen molar-refractivity contribution in [3.8, 4) is 0 Å². The van der Waals surface area contributed by atoms with Gasteiger partial charge in [0, 0.05) is 24.1 Å². The number of benzene rings is 1. The second-order valence-corrected chi connectivity index (χ2v) is 4.16. The Kier molecular flexibility index (Phi) is 3.67. The molecule has 94 valence electrons. The number of hydrogen-bond donors (Lipinski definition) is 2. The number of rotatable bonds is 4. The lowest BCUT2D eigenvalue weighted by Crippen LogP contribution is -2.16. The predicted molar refractivity (Wildman–Crippen MR) is 73.5 cm³/mol. The molecule has 0 saturated heterocycles. The van der Waals surface area contributed by atoms with Crippen molar-refractivity contribution in [1.29, 1.82) is 0 Å². The van der Waals surface area contributed by atoms with Gasteiger partial charge in [-0.05, 0) is 42.8 Å². The Bertz CT molecular complexity index is 528. The van der Waals surface area contributed by atoms with Crippen LogP contribution >= 0.6 is 0 Å². The Balaban J connectivity index is 2.11. The second-order valence-electron chi connectivity index (χ2n) is 4.16. The number of nitrogen functional groups attached to an aromatic ring is 1. The van der Waals surface area contributed by atoms with Crippen LogP contribution in [0.5, 0.6) is 0 Å². The molecule has 0 aliphatic carbocycles. The summed E-state index contributed by atoms with van der Waals surface area (Å²) in [5.74, 6) is -0.0989. The van der Waals surface area contributed by atoms with E-state index in [0.717, 1.165) is 18.7 Å². The van der Waals surface area contributed by atoms with E-state index in [2.05, 4.69) is 12.2 Å². The van der Waals surface area contributed by atoms with Crippen molar-refractivity contribution in [1.82, 2.24) is 4.57 Å². The summed E-state index contributed by atoms with van der Waals surface area (Å²) in [5.41, 5.74) is 7.70. The standard InChI is InChI=1S/C14H17N3O/c1-2-9-17-10-3-4-13(17)14(18)16-12-7-5-11(15)6-8-12/h3-8,10H,2,9,15H2,1H3,(H,16,18). The number of hydrogen-bond acceptors (Lipinski definition) is 2. The molecule has 0 aliphatic rings. The highest BCUT2D eigenvalue weighted by Crippen LogP contribution is 2.12. The van der Waals surface area contributed by atoms with Crippen molar-refractivity contribution in [3.63, 3.8) is 0 Å². The molecule has 4 nitrogen and oxygen atoms in total. The number of aromatic nitrogens is 1. The molecule has 3 N–H and O–H groups in total. The summed E-state index contributed by atoms with van der Waals surface area (Å²) in [6.45, 7) is 2.93. The molecule has 1 aromatic carbocycles. The molecule has 4 heteroatoms. The van der Waals surface area contributed by atoms with E-state index in [4.69, 9.17) is 5.73 Å². The quantitative estimate of drug-likeness (QED) is 0.811. The Labute approximate surface area is 106 Å². The molecule has 0 spiro atoms. The number of aryl methyl sites for hydroxylation is 1. The van der Waals surface area contributed by atoms with Crippen LogP contribution < -0.4 is 11.1 Å². The van der Waals surface area contributed by atoms with E-state index in [1.807, 2.05) is 22.9 Å². The third-order valence-electron chi connectivity index (χ3n) is 2.70. The van der Waals surface area contributed by atoms with Gasteiger partial charge in [0.25, 0.3) is 5.91 Å². The summed E-state index contributed by atoms with van der Waals surface area (Å²) in [7, 11) is 0. The minimum absolute atomic E-state index is 0.0989. The summed E-state index contributed by atoms with van der Waals surface area (Å²) >= 11 is 0. The van der Waals surface area contributed by atoms with Crippen LogP contribution in [0.1, 0.15) is 23.8 Å². The normalized spacial score (nSPS) is 10.3. The SMILES string of the molecule is CCCn1cccc1C(=O)Nc1ccc(N)cc1. The van der Waals surface area contributed by atoms with Gasteiger partial charge >= 0.3 is 0 Å². The number of anilines is 2. The molecule has 2 aromatic rings. The lowest BCUT2D eigenvalue weighted by atomic mass is 10.2. The van der Waals surface area contributed by atoms with Gasteiger partial charge in [0.2, 0.25) is 0 Å². The number of nitrogens with two attached hydrogens (primary N) is 1. The van der Waals surface area contributed by atoms with Crippen LogP contribution in [0.25, 0.3) is 0 Å². The molecular weight excluding hydrogens is 226 g/mol. The number of amides is 1. The maximum Gasteiger partial charge on any atom is 0.272 e. The fourth-order valence-corrected chi connectivity index (χ4v) is 1.82. The van der Waals surface area contributed by atoms with Crippen molar-refractivity contribution in [2.75, 3.05) is 11.1 Å². The van der Waals surface area contributed by atoms with Crippen LogP contribution in [0, 0.1) is 0 Å². The number of nitrogens with one attached hydrogen (secondary N) is 1. The predicted octanol–water partition coefficient (Wildman–Crippen LogP) is 2.73. The van der Waals surface area contributed by atoms with Crippen LogP contribution in [0.15, 0.2) is 42.6 Å². The molecule has 1 amide bonds. The Morgan fingerprint density at radius 2 is 2.00 bits per heavy atom. The first-order valence-corrected chi connectivity index (χ1v) is 6.02. The summed E-state index contributed by atoms with van der Waals surface area (Å²) in [6, 6.07) is 10.8. The van der Waals surface area contributed by atoms with Gasteiger partial charge in [0.1, 0.15) is 5.69 Å². The van der Waals surface area contributed by atoms with E-state index in [1.54, 1.807) is 24.3 Å². The highest BCUT2D eigenvalue weighted by Gasteiger charge is 2.10. The van der Waals surface area contributed by atoms with Crippen LogP contribution in [-0.4, -0.2) is 10.5 Å². The first-order valence-electron chi connectivity index (χ1n) is 6.02. The number of nitrogens with zero attached hydrogens (tertiary/aromatic N) is 1. The maximum absolute atomic E-state index is 12.1. The zero-order valence-electron chi connectivity index (χ0n) is 10.4. The Hall–Kier alpha value is -2.23. The summed E-state index contributed by atoms with van der Waals surface area (Å²) < 4.78 is 1.95. The van der Waals surface area contributed by atoms with E-state index in [1.165, 1.54) is 0 Å². The highest BCUT2D eigenvalue weighted by molar-refractivity contribution is 6.03. The van der Waals surface area contributed by atoms with Crippen molar-refractivity contribution >= 4 is 17.3 Å². The van der Waals surface area contributed by atoms with E-state index in [0.29, 0.717) is 11.4 Å². The average Bonchev–Trinajstić information content (AvgIpc) is 2.81. The van der Waals surface area contributed by atoms with Gasteiger partial charge in [-0.1, -0.05) is 6.92 Å². The molecule has 0 saturated carbocycles. The van der Waals surface area contributed by atoms with E-state index >= 15 is 0 Å². The van der Waals surface area contributed by atoms with Crippen molar-refractivity contribution in [2.24, 2.45) is 0 Å². The number of carbonyl (C=O) groups is 1. The van der Waals surface area contributed by atoms with Gasteiger partial charge in [0.05, 0.1) is 0 Å². The minimum atomic E-state index is -0.0989. The van der Waals surface area contributed by atoms with E-state index in [9.17, 15) is 4.79 Å². The smallest absolute Gasteiger partial charge is 0.272 e. The molecule has 0 bridgehead atoms. The molecule has 0 atom stereocenters. The van der Waals surface area contributed by atoms with Crippen LogP contribution in [0.4, 0.5) is 11.4 Å². The summed E-state index contributed by atoms with van der Waals surface area (Å²) in [4.78, 5) is 12.1. The monoisotopic (exact) mass is 243 g/mol. The summed E-state index contributed by atoms with van der Waals surface area (Å²) in [6.07, 6.45) is 2.91. The first-order chi connectivity index (χ1) is 8.70. The van der Waals surface area contributed by atoms with Gasteiger partial charge in [-0.3, -0.25) is 4.79 Å². The second kappa shape index (κ2) is 5.40. The molecule has 0 aliphatic heterocycles. The highest BCUT2D eigenvalue weighted by atomic mass is 16.1. The zero-order chi connectivity index (χ0) is 13.0. The first kappa shape index (κ1) is 12.2. The lowest BCUT2D eigenvalue weighted by Gasteiger charge is -2.09. The van der Waals surface area contributed by atoms with Gasteiger partial charge in [-0.2, -0.15) is 0 Å². The van der Waals surface area contributed by atoms with Crippen molar-refractivity contribution < 1.29 is 4.79 Å². The van der Waals surface area contributed by atoms with Crippen LogP contribution in [0.2, 0.25) is 0 Å². The Morgan fingerprint density at radius 3 is 2.67 bits per heavy atom. The molecule has 0 fully saturated rings. The minimum Gasteiger partial charge on any atom is -0.399 e. The van der Waals surface area contributed by atoms with Gasteiger partial charge in [-0.25, -0.2) is 0 Å². The molecule has 1 heterocycles. The zero-order valence-corrected chi connectivity index (χ0v) is 10.4. The van der Waals surface area contributed by atoms with Gasteiger partial charge in [0.15, 0.2) is 0 Å². The van der Waals surface area contributed by atoms with Gasteiger partial charge < -0.3 is 15.6 Å². The van der Waals surface area contributed by atoms with Gasteiger partial charge in [-0.15, -0.1) is 0 Å². The fourth-order valence-electron chi connectivity index (χ4n) is 1.82. The van der Waals surface area contributed by atoms with Crippen molar-refractivity contribution in [2.45, 2.75) is 19.9 Å². The fraction of sp³-hybridized carbons (Fsp3) is 0.214. The van der Waals surface area contributed by atoms with Crippen LogP contribution in [-0.2, 0) is 6.54 Å². The lowest BCUT2D eigenvalue weighted by molar-refractivity contribution is 0.101. The van der Waals surface area contributed by atoms with E-state index < -0.39 is 0 Å². The molecule has 1 aromatic heterocycles. The van der Waals surface area contributed by atoms with Crippen molar-refractivity contribution in [3.05, 3.63) is 48.3 Å². The summed E-state index contributed by atoms with van der Waals surface area (Å²) in [5, 5.41) is 2.86. The third kappa shape index (κ3) is 2.71. The molecular formula is C14H17N3O. The molecule has 18 heavy (non-hydrogen) atoms. The van der Waals surface area contributed by atoms with Crippen LogP contribution in [0.3, 0.4) is 0 Å². The third-order valence-corrected chi connectivity index (χ3v) is 2.70. The average molecular weight is 243 g/mol.